The molecule has 1 aliphatic rings. The first-order chi connectivity index (χ1) is 8.94. The highest BCUT2D eigenvalue weighted by atomic mass is 19.4. The van der Waals surface area contributed by atoms with Crippen LogP contribution in [0.4, 0.5) is 24.8 Å². The van der Waals surface area contributed by atoms with Gasteiger partial charge < -0.3 is 10.3 Å². The topological polar surface area (TPSA) is 67.1 Å². The average molecular weight is 275 g/mol. The van der Waals surface area contributed by atoms with E-state index in [1.807, 2.05) is 11.8 Å². The number of rotatable bonds is 5. The van der Waals surface area contributed by atoms with Gasteiger partial charge in [0.05, 0.1) is 0 Å². The summed E-state index contributed by atoms with van der Waals surface area (Å²) < 4.78 is 38.1. The van der Waals surface area contributed by atoms with E-state index in [9.17, 15) is 13.2 Å². The predicted molar refractivity (Wildman–Crippen MR) is 65.5 cm³/mol. The molecule has 0 unspecified atom stereocenters. The van der Waals surface area contributed by atoms with Gasteiger partial charge in [-0.05, 0) is 25.7 Å². The van der Waals surface area contributed by atoms with Gasteiger partial charge in [0, 0.05) is 19.2 Å². The highest BCUT2D eigenvalue weighted by Crippen LogP contribution is 2.33. The molecule has 0 saturated heterocycles. The average Bonchev–Trinajstić information content (AvgIpc) is 3.18. The van der Waals surface area contributed by atoms with Crippen molar-refractivity contribution in [3.05, 3.63) is 11.9 Å². The minimum absolute atomic E-state index is 0.0356. The molecule has 0 bridgehead atoms. The molecule has 0 aliphatic heterocycles. The standard InChI is InChI=1S/C11H16F3N5/c1-2-19(6-7-3-4-7)9-5-8(18-15)16-10(17-9)11(12,13)14/h5,7H,2-4,6,15H2,1H3,(H,16,17,18). The van der Waals surface area contributed by atoms with E-state index in [0.717, 1.165) is 19.4 Å². The molecular weight excluding hydrogens is 259 g/mol. The van der Waals surface area contributed by atoms with E-state index in [0.29, 0.717) is 12.5 Å². The Balaban J connectivity index is 2.31. The molecule has 8 heteroatoms. The van der Waals surface area contributed by atoms with Crippen LogP contribution >= 0.6 is 0 Å². The van der Waals surface area contributed by atoms with Gasteiger partial charge in [0.15, 0.2) is 0 Å². The van der Waals surface area contributed by atoms with Crippen LogP contribution in [0.3, 0.4) is 0 Å². The van der Waals surface area contributed by atoms with Gasteiger partial charge in [-0.2, -0.15) is 13.2 Å². The van der Waals surface area contributed by atoms with Crippen LogP contribution in [0.5, 0.6) is 0 Å². The van der Waals surface area contributed by atoms with E-state index in [2.05, 4.69) is 15.4 Å². The molecule has 0 atom stereocenters. The number of nitrogens with one attached hydrogen (secondary N) is 1. The number of anilines is 2. The molecule has 106 valence electrons. The summed E-state index contributed by atoms with van der Waals surface area (Å²) in [4.78, 5) is 8.75. The van der Waals surface area contributed by atoms with Crippen molar-refractivity contribution in [1.82, 2.24) is 9.97 Å². The van der Waals surface area contributed by atoms with Gasteiger partial charge >= 0.3 is 6.18 Å². The number of aromatic nitrogens is 2. The molecule has 0 radical (unpaired) electrons. The van der Waals surface area contributed by atoms with Crippen molar-refractivity contribution >= 4 is 11.6 Å². The second-order valence-electron chi connectivity index (χ2n) is 4.56. The van der Waals surface area contributed by atoms with E-state index in [1.54, 1.807) is 0 Å². The maximum Gasteiger partial charge on any atom is 0.451 e. The van der Waals surface area contributed by atoms with E-state index < -0.39 is 12.0 Å². The number of hydrogen-bond acceptors (Lipinski definition) is 5. The second-order valence-corrected chi connectivity index (χ2v) is 4.56. The van der Waals surface area contributed by atoms with Crippen LogP contribution < -0.4 is 16.2 Å². The molecule has 0 amide bonds. The fourth-order valence-electron chi connectivity index (χ4n) is 1.79. The highest BCUT2D eigenvalue weighted by molar-refractivity contribution is 5.49. The normalized spacial score (nSPS) is 15.4. The lowest BCUT2D eigenvalue weighted by Gasteiger charge is -2.23. The van der Waals surface area contributed by atoms with Crippen LogP contribution in [-0.2, 0) is 6.18 Å². The molecule has 5 nitrogen and oxygen atoms in total. The Kier molecular flexibility index (Phi) is 3.79. The summed E-state index contributed by atoms with van der Waals surface area (Å²) in [5.41, 5.74) is 2.15. The fourth-order valence-corrected chi connectivity index (χ4v) is 1.79. The molecule has 1 heterocycles. The molecular formula is C11H16F3N5. The van der Waals surface area contributed by atoms with Crippen molar-refractivity contribution < 1.29 is 13.2 Å². The molecule has 0 spiro atoms. The zero-order valence-electron chi connectivity index (χ0n) is 10.5. The summed E-state index contributed by atoms with van der Waals surface area (Å²) in [6.45, 7) is 3.19. The Bertz CT molecular complexity index is 444. The van der Waals surface area contributed by atoms with Crippen LogP contribution in [-0.4, -0.2) is 23.1 Å². The van der Waals surface area contributed by atoms with Crippen molar-refractivity contribution in [2.75, 3.05) is 23.4 Å². The molecule has 3 N–H and O–H groups in total. The van der Waals surface area contributed by atoms with Crippen molar-refractivity contribution in [1.29, 1.82) is 0 Å². The molecule has 0 aromatic carbocycles. The van der Waals surface area contributed by atoms with Gasteiger partial charge in [-0.15, -0.1) is 0 Å². The minimum atomic E-state index is -4.58. The molecule has 1 aromatic heterocycles. The SMILES string of the molecule is CCN(CC1CC1)c1cc(NN)nc(C(F)(F)F)n1. The quantitative estimate of drug-likeness (QED) is 0.635. The fraction of sp³-hybridized carbons (Fsp3) is 0.636. The highest BCUT2D eigenvalue weighted by Gasteiger charge is 2.36. The van der Waals surface area contributed by atoms with Crippen molar-refractivity contribution in [2.24, 2.45) is 11.8 Å². The largest absolute Gasteiger partial charge is 0.451 e. The number of nitrogens with zero attached hydrogens (tertiary/aromatic N) is 3. The maximum atomic E-state index is 12.7. The van der Waals surface area contributed by atoms with Crippen molar-refractivity contribution in [2.45, 2.75) is 25.9 Å². The van der Waals surface area contributed by atoms with Crippen molar-refractivity contribution in [3.63, 3.8) is 0 Å². The summed E-state index contributed by atoms with van der Waals surface area (Å²) in [6.07, 6.45) is -2.34. The van der Waals surface area contributed by atoms with E-state index in [4.69, 9.17) is 5.84 Å². The summed E-state index contributed by atoms with van der Waals surface area (Å²) in [5, 5.41) is 0. The minimum Gasteiger partial charge on any atom is -0.356 e. The van der Waals surface area contributed by atoms with Crippen LogP contribution in [0.2, 0.25) is 0 Å². The summed E-state index contributed by atoms with van der Waals surface area (Å²) in [6, 6.07) is 1.43. The van der Waals surface area contributed by atoms with Crippen molar-refractivity contribution in [3.8, 4) is 0 Å². The van der Waals surface area contributed by atoms with Crippen LogP contribution in [0, 0.1) is 5.92 Å². The van der Waals surface area contributed by atoms with E-state index >= 15 is 0 Å². The van der Waals surface area contributed by atoms with Crippen LogP contribution in [0.25, 0.3) is 0 Å². The van der Waals surface area contributed by atoms with Gasteiger partial charge in [0.25, 0.3) is 0 Å². The summed E-state index contributed by atoms with van der Waals surface area (Å²) >= 11 is 0. The zero-order valence-corrected chi connectivity index (χ0v) is 10.5. The maximum absolute atomic E-state index is 12.7. The third kappa shape index (κ3) is 3.46. The van der Waals surface area contributed by atoms with Gasteiger partial charge in [-0.25, -0.2) is 15.8 Å². The zero-order chi connectivity index (χ0) is 14.0. The van der Waals surface area contributed by atoms with Gasteiger partial charge in [-0.3, -0.25) is 0 Å². The van der Waals surface area contributed by atoms with Crippen LogP contribution in [0.1, 0.15) is 25.6 Å². The Hall–Kier alpha value is -1.57. The van der Waals surface area contributed by atoms with Crippen LogP contribution in [0.15, 0.2) is 6.07 Å². The molecule has 19 heavy (non-hydrogen) atoms. The Morgan fingerprint density at radius 1 is 1.42 bits per heavy atom. The number of halogens is 3. The Morgan fingerprint density at radius 2 is 2.11 bits per heavy atom. The number of nitrogen functional groups attached to an aromatic ring is 1. The summed E-state index contributed by atoms with van der Waals surface area (Å²) in [7, 11) is 0. The number of hydrogen-bond donors (Lipinski definition) is 2. The van der Waals surface area contributed by atoms with Gasteiger partial charge in [0.2, 0.25) is 5.82 Å². The predicted octanol–water partition coefficient (Wildman–Crippen LogP) is 2.02. The molecule has 2 rings (SSSR count). The Morgan fingerprint density at radius 3 is 2.58 bits per heavy atom. The lowest BCUT2D eigenvalue weighted by molar-refractivity contribution is -0.144. The third-order valence-electron chi connectivity index (χ3n) is 3.00. The first-order valence-corrected chi connectivity index (χ1v) is 6.12. The molecule has 1 aliphatic carbocycles. The molecule has 1 aromatic rings. The first-order valence-electron chi connectivity index (χ1n) is 6.12. The lowest BCUT2D eigenvalue weighted by atomic mass is 10.3. The summed E-state index contributed by atoms with van der Waals surface area (Å²) in [5.74, 6) is 4.76. The first kappa shape index (κ1) is 13.9. The Labute approximate surface area is 109 Å². The number of nitrogens with two attached hydrogens (primary N) is 1. The van der Waals surface area contributed by atoms with E-state index in [1.165, 1.54) is 6.07 Å². The molecule has 1 fully saturated rings. The third-order valence-corrected chi connectivity index (χ3v) is 3.00. The van der Waals surface area contributed by atoms with Gasteiger partial charge in [-0.1, -0.05) is 0 Å². The smallest absolute Gasteiger partial charge is 0.356 e. The van der Waals surface area contributed by atoms with Gasteiger partial charge in [0.1, 0.15) is 11.6 Å². The lowest BCUT2D eigenvalue weighted by Crippen LogP contribution is -2.28. The monoisotopic (exact) mass is 275 g/mol. The number of hydrazine groups is 1. The van der Waals surface area contributed by atoms with E-state index in [-0.39, 0.29) is 11.6 Å². The molecule has 1 saturated carbocycles. The number of alkyl halides is 3. The second kappa shape index (κ2) is 5.20.